The molecule has 0 aliphatic heterocycles. The first-order chi connectivity index (χ1) is 12.4. The topological polar surface area (TPSA) is 59.8 Å². The minimum Gasteiger partial charge on any atom is -0.350 e. The van der Waals surface area contributed by atoms with E-state index < -0.39 is 17.6 Å². The predicted molar refractivity (Wildman–Crippen MR) is 88.8 cm³/mol. The number of aromatic nitrogens is 3. The van der Waals surface area contributed by atoms with Gasteiger partial charge in [0, 0.05) is 6.54 Å². The normalized spacial score (nSPS) is 11.3. The summed E-state index contributed by atoms with van der Waals surface area (Å²) in [6.07, 6.45) is -2.71. The highest BCUT2D eigenvalue weighted by atomic mass is 19.4. The highest BCUT2D eigenvalue weighted by Crippen LogP contribution is 2.33. The smallest absolute Gasteiger partial charge is 0.350 e. The summed E-state index contributed by atoms with van der Waals surface area (Å²) in [5.74, 6) is -0.489. The number of nitrogens with zero attached hydrogens (tertiary/aromatic N) is 3. The maximum Gasteiger partial charge on any atom is 0.418 e. The van der Waals surface area contributed by atoms with Crippen LogP contribution in [0.5, 0.6) is 0 Å². The molecule has 1 amide bonds. The summed E-state index contributed by atoms with van der Waals surface area (Å²) in [7, 11) is 0. The fourth-order valence-electron chi connectivity index (χ4n) is 2.45. The van der Waals surface area contributed by atoms with Crippen molar-refractivity contribution in [1.29, 1.82) is 0 Å². The van der Waals surface area contributed by atoms with Gasteiger partial charge >= 0.3 is 6.18 Å². The molecule has 134 valence electrons. The van der Waals surface area contributed by atoms with Gasteiger partial charge in [0.25, 0.3) is 5.91 Å². The van der Waals surface area contributed by atoms with E-state index in [1.807, 2.05) is 30.3 Å². The van der Waals surface area contributed by atoms with Gasteiger partial charge < -0.3 is 5.32 Å². The summed E-state index contributed by atoms with van der Waals surface area (Å²) in [6, 6.07) is 14.6. The van der Waals surface area contributed by atoms with Gasteiger partial charge in [0.2, 0.25) is 0 Å². The van der Waals surface area contributed by atoms with E-state index in [0.29, 0.717) is 13.0 Å². The Bertz CT molecular complexity index is 891. The quantitative estimate of drug-likeness (QED) is 0.760. The molecule has 2 aromatic carbocycles. The van der Waals surface area contributed by atoms with E-state index in [9.17, 15) is 18.0 Å². The Balaban J connectivity index is 1.69. The molecule has 0 fully saturated rings. The summed E-state index contributed by atoms with van der Waals surface area (Å²) in [6.45, 7) is 0.384. The maximum atomic E-state index is 13.1. The fraction of sp³-hybridized carbons (Fsp3) is 0.167. The van der Waals surface area contributed by atoms with E-state index >= 15 is 0 Å². The van der Waals surface area contributed by atoms with Gasteiger partial charge in [0.05, 0.1) is 17.4 Å². The number of rotatable bonds is 5. The van der Waals surface area contributed by atoms with Crippen LogP contribution >= 0.6 is 0 Å². The van der Waals surface area contributed by atoms with Crippen LogP contribution in [0.3, 0.4) is 0 Å². The molecular weight excluding hydrogens is 345 g/mol. The fourth-order valence-corrected chi connectivity index (χ4v) is 2.45. The lowest BCUT2D eigenvalue weighted by Crippen LogP contribution is -2.26. The molecule has 0 saturated carbocycles. The van der Waals surface area contributed by atoms with Gasteiger partial charge in [-0.15, -0.1) is 5.10 Å². The summed E-state index contributed by atoms with van der Waals surface area (Å²) in [5, 5.41) is 10.0. The van der Waals surface area contributed by atoms with Gasteiger partial charge in [-0.1, -0.05) is 47.7 Å². The number of amides is 1. The molecule has 3 rings (SSSR count). The third-order valence-corrected chi connectivity index (χ3v) is 3.72. The second kappa shape index (κ2) is 7.38. The number of nitrogens with one attached hydrogen (secondary N) is 1. The Labute approximate surface area is 147 Å². The third kappa shape index (κ3) is 4.08. The van der Waals surface area contributed by atoms with E-state index in [1.54, 1.807) is 0 Å². The SMILES string of the molecule is O=C(NCCc1ccccc1)c1cn(-c2ccccc2C(F)(F)F)nn1. The summed E-state index contributed by atoms with van der Waals surface area (Å²) >= 11 is 0. The molecule has 0 radical (unpaired) electrons. The zero-order valence-corrected chi connectivity index (χ0v) is 13.6. The van der Waals surface area contributed by atoms with Gasteiger partial charge in [-0.25, -0.2) is 4.68 Å². The van der Waals surface area contributed by atoms with Crippen molar-refractivity contribution in [2.75, 3.05) is 6.54 Å². The number of carbonyl (C=O) groups is 1. The molecule has 0 saturated heterocycles. The van der Waals surface area contributed by atoms with Crippen LogP contribution in [0.1, 0.15) is 21.6 Å². The minimum absolute atomic E-state index is 0.0463. The van der Waals surface area contributed by atoms with Crippen LogP contribution in [0.2, 0.25) is 0 Å². The van der Waals surface area contributed by atoms with Gasteiger partial charge in [0.15, 0.2) is 5.69 Å². The van der Waals surface area contributed by atoms with Crippen LogP contribution in [0.15, 0.2) is 60.8 Å². The number of benzene rings is 2. The molecule has 1 N–H and O–H groups in total. The molecule has 0 aliphatic rings. The summed E-state index contributed by atoms with van der Waals surface area (Å²) in [4.78, 5) is 12.1. The highest BCUT2D eigenvalue weighted by Gasteiger charge is 2.34. The first-order valence-corrected chi connectivity index (χ1v) is 7.86. The van der Waals surface area contributed by atoms with Crippen molar-refractivity contribution in [3.05, 3.63) is 77.6 Å². The van der Waals surface area contributed by atoms with Crippen LogP contribution in [-0.2, 0) is 12.6 Å². The van der Waals surface area contributed by atoms with Crippen molar-refractivity contribution >= 4 is 5.91 Å². The molecule has 0 atom stereocenters. The number of alkyl halides is 3. The molecule has 3 aromatic rings. The Morgan fingerprint density at radius 2 is 1.73 bits per heavy atom. The Morgan fingerprint density at radius 1 is 1.04 bits per heavy atom. The highest BCUT2D eigenvalue weighted by molar-refractivity contribution is 5.91. The van der Waals surface area contributed by atoms with E-state index in [1.165, 1.54) is 24.4 Å². The molecule has 1 heterocycles. The van der Waals surface area contributed by atoms with Crippen molar-refractivity contribution in [3.8, 4) is 5.69 Å². The second-order valence-corrected chi connectivity index (χ2v) is 5.55. The largest absolute Gasteiger partial charge is 0.418 e. The monoisotopic (exact) mass is 360 g/mol. The molecule has 5 nitrogen and oxygen atoms in total. The average Bonchev–Trinajstić information content (AvgIpc) is 3.12. The zero-order chi connectivity index (χ0) is 18.6. The first-order valence-electron chi connectivity index (χ1n) is 7.86. The van der Waals surface area contributed by atoms with Crippen molar-refractivity contribution < 1.29 is 18.0 Å². The first kappa shape index (κ1) is 17.7. The van der Waals surface area contributed by atoms with Crippen LogP contribution < -0.4 is 5.32 Å². The maximum absolute atomic E-state index is 13.1. The molecule has 0 spiro atoms. The third-order valence-electron chi connectivity index (χ3n) is 3.72. The van der Waals surface area contributed by atoms with Gasteiger partial charge in [-0.2, -0.15) is 13.2 Å². The zero-order valence-electron chi connectivity index (χ0n) is 13.6. The molecule has 1 aromatic heterocycles. The Hall–Kier alpha value is -3.16. The molecule has 0 aliphatic carbocycles. The van der Waals surface area contributed by atoms with E-state index in [2.05, 4.69) is 15.6 Å². The van der Waals surface area contributed by atoms with Crippen LogP contribution in [0.4, 0.5) is 13.2 Å². The number of carbonyl (C=O) groups excluding carboxylic acids is 1. The molecular formula is C18H15F3N4O. The molecule has 0 unspecified atom stereocenters. The summed E-state index contributed by atoms with van der Waals surface area (Å²) < 4.78 is 40.2. The van der Waals surface area contributed by atoms with Crippen LogP contribution in [-0.4, -0.2) is 27.4 Å². The van der Waals surface area contributed by atoms with Crippen LogP contribution in [0, 0.1) is 0 Å². The van der Waals surface area contributed by atoms with Crippen LogP contribution in [0.25, 0.3) is 5.69 Å². The Kier molecular flexibility index (Phi) is 5.01. The average molecular weight is 360 g/mol. The minimum atomic E-state index is -4.53. The lowest BCUT2D eigenvalue weighted by molar-refractivity contribution is -0.137. The number of hydrogen-bond acceptors (Lipinski definition) is 3. The van der Waals surface area contributed by atoms with Crippen molar-refractivity contribution in [2.45, 2.75) is 12.6 Å². The van der Waals surface area contributed by atoms with Gasteiger partial charge in [-0.05, 0) is 24.1 Å². The Morgan fingerprint density at radius 3 is 2.46 bits per heavy atom. The molecule has 26 heavy (non-hydrogen) atoms. The predicted octanol–water partition coefficient (Wildman–Crippen LogP) is 3.26. The van der Waals surface area contributed by atoms with E-state index in [-0.39, 0.29) is 11.4 Å². The van der Waals surface area contributed by atoms with E-state index in [4.69, 9.17) is 0 Å². The van der Waals surface area contributed by atoms with Crippen molar-refractivity contribution in [3.63, 3.8) is 0 Å². The van der Waals surface area contributed by atoms with Gasteiger partial charge in [-0.3, -0.25) is 4.79 Å². The molecule has 0 bridgehead atoms. The van der Waals surface area contributed by atoms with Crippen molar-refractivity contribution in [1.82, 2.24) is 20.3 Å². The van der Waals surface area contributed by atoms with E-state index in [0.717, 1.165) is 16.3 Å². The number of halogens is 3. The number of para-hydroxylation sites is 1. The standard InChI is InChI=1S/C18H15F3N4O/c19-18(20,21)14-8-4-5-9-16(14)25-12-15(23-24-25)17(26)22-11-10-13-6-2-1-3-7-13/h1-9,12H,10-11H2,(H,22,26). The second-order valence-electron chi connectivity index (χ2n) is 5.55. The lowest BCUT2D eigenvalue weighted by Gasteiger charge is -2.11. The van der Waals surface area contributed by atoms with Crippen molar-refractivity contribution in [2.24, 2.45) is 0 Å². The summed E-state index contributed by atoms with van der Waals surface area (Å²) in [5.41, 5.74) is -0.0117. The molecule has 8 heteroatoms. The van der Waals surface area contributed by atoms with Gasteiger partial charge in [0.1, 0.15) is 0 Å². The number of hydrogen-bond donors (Lipinski definition) is 1. The lowest BCUT2D eigenvalue weighted by atomic mass is 10.1.